The molecule has 0 spiro atoms. The minimum Gasteiger partial charge on any atom is -0.310 e. The molecule has 1 nitrogen and oxygen atoms in total. The summed E-state index contributed by atoms with van der Waals surface area (Å²) < 4.78 is 13.8. The van der Waals surface area contributed by atoms with Gasteiger partial charge in [0.05, 0.1) is 0 Å². The Bertz CT molecular complexity index is 354. The van der Waals surface area contributed by atoms with E-state index in [1.807, 2.05) is 25.1 Å². The van der Waals surface area contributed by atoms with Gasteiger partial charge in [0.25, 0.3) is 0 Å². The van der Waals surface area contributed by atoms with E-state index in [0.717, 1.165) is 11.1 Å². The highest BCUT2D eigenvalue weighted by atomic mass is 19.1. The van der Waals surface area contributed by atoms with Crippen molar-refractivity contribution in [3.05, 3.63) is 35.1 Å². The van der Waals surface area contributed by atoms with Gasteiger partial charge in [-0.05, 0) is 25.3 Å². The molecule has 2 heteroatoms. The fraction of sp³-hybridized carbons (Fsp3) is 0.600. The lowest BCUT2D eigenvalue weighted by Gasteiger charge is -2.16. The molecule has 1 aliphatic rings. The highest BCUT2D eigenvalue weighted by Gasteiger charge is 2.12. The maximum atomic E-state index is 13.8. The highest BCUT2D eigenvalue weighted by molar-refractivity contribution is 5.24. The van der Waals surface area contributed by atoms with Gasteiger partial charge in [0.1, 0.15) is 5.82 Å². The molecule has 1 N–H and O–H groups in total. The van der Waals surface area contributed by atoms with Gasteiger partial charge in [0.2, 0.25) is 0 Å². The molecule has 0 saturated heterocycles. The van der Waals surface area contributed by atoms with Crippen LogP contribution in [-0.4, -0.2) is 6.04 Å². The standard InChI is InChI=1S/C15H22FN/c1-12-7-6-8-13(15(12)16)11-17-14-9-4-2-3-5-10-14/h6-8,14,17H,2-5,9-11H2,1H3. The number of rotatable bonds is 3. The van der Waals surface area contributed by atoms with Crippen molar-refractivity contribution in [2.75, 3.05) is 0 Å². The van der Waals surface area contributed by atoms with E-state index >= 15 is 0 Å². The second-order valence-corrected chi connectivity index (χ2v) is 5.12. The minimum absolute atomic E-state index is 0.0476. The van der Waals surface area contributed by atoms with Crippen molar-refractivity contribution in [1.29, 1.82) is 0 Å². The van der Waals surface area contributed by atoms with E-state index in [1.54, 1.807) is 0 Å². The Morgan fingerprint density at radius 3 is 2.59 bits per heavy atom. The van der Waals surface area contributed by atoms with Gasteiger partial charge in [-0.2, -0.15) is 0 Å². The summed E-state index contributed by atoms with van der Waals surface area (Å²) in [5.41, 5.74) is 1.54. The van der Waals surface area contributed by atoms with E-state index < -0.39 is 0 Å². The van der Waals surface area contributed by atoms with Gasteiger partial charge in [-0.1, -0.05) is 43.9 Å². The fourth-order valence-electron chi connectivity index (χ4n) is 2.58. The number of halogens is 1. The Kier molecular flexibility index (Phi) is 4.55. The van der Waals surface area contributed by atoms with Crippen LogP contribution in [-0.2, 0) is 6.54 Å². The summed E-state index contributed by atoms with van der Waals surface area (Å²) in [7, 11) is 0. The van der Waals surface area contributed by atoms with Crippen molar-refractivity contribution in [2.24, 2.45) is 0 Å². The molecule has 0 heterocycles. The van der Waals surface area contributed by atoms with E-state index in [1.165, 1.54) is 38.5 Å². The molecule has 0 atom stereocenters. The summed E-state index contributed by atoms with van der Waals surface area (Å²) in [6, 6.07) is 6.22. The molecular formula is C15H22FN. The molecule has 0 bridgehead atoms. The van der Waals surface area contributed by atoms with Crippen molar-refractivity contribution < 1.29 is 4.39 Å². The Labute approximate surface area is 103 Å². The zero-order valence-corrected chi connectivity index (χ0v) is 10.6. The predicted octanol–water partition coefficient (Wildman–Crippen LogP) is 3.95. The van der Waals surface area contributed by atoms with Crippen LogP contribution in [0.5, 0.6) is 0 Å². The summed E-state index contributed by atoms with van der Waals surface area (Å²) in [5, 5.41) is 3.51. The van der Waals surface area contributed by atoms with Gasteiger partial charge in [-0.3, -0.25) is 0 Å². The number of aryl methyl sites for hydroxylation is 1. The van der Waals surface area contributed by atoms with Crippen LogP contribution in [0.2, 0.25) is 0 Å². The van der Waals surface area contributed by atoms with Crippen LogP contribution in [0.3, 0.4) is 0 Å². The Balaban J connectivity index is 1.90. The number of benzene rings is 1. The van der Waals surface area contributed by atoms with Crippen LogP contribution in [0, 0.1) is 12.7 Å². The topological polar surface area (TPSA) is 12.0 Å². The molecular weight excluding hydrogens is 213 g/mol. The molecule has 0 radical (unpaired) electrons. The summed E-state index contributed by atoms with van der Waals surface area (Å²) in [5.74, 6) is -0.0476. The van der Waals surface area contributed by atoms with Gasteiger partial charge in [0, 0.05) is 18.2 Å². The third kappa shape index (κ3) is 3.53. The lowest BCUT2D eigenvalue weighted by molar-refractivity contribution is 0.452. The Morgan fingerprint density at radius 1 is 1.18 bits per heavy atom. The molecule has 2 rings (SSSR count). The molecule has 1 aromatic rings. The van der Waals surface area contributed by atoms with E-state index in [9.17, 15) is 4.39 Å². The summed E-state index contributed by atoms with van der Waals surface area (Å²) >= 11 is 0. The lowest BCUT2D eigenvalue weighted by Crippen LogP contribution is -2.28. The average molecular weight is 235 g/mol. The fourth-order valence-corrected chi connectivity index (χ4v) is 2.58. The molecule has 94 valence electrons. The number of hydrogen-bond donors (Lipinski definition) is 1. The number of hydrogen-bond acceptors (Lipinski definition) is 1. The van der Waals surface area contributed by atoms with E-state index in [4.69, 9.17) is 0 Å². The zero-order chi connectivity index (χ0) is 12.1. The van der Waals surface area contributed by atoms with Crippen LogP contribution in [0.15, 0.2) is 18.2 Å². The molecule has 0 aromatic heterocycles. The highest BCUT2D eigenvalue weighted by Crippen LogP contribution is 2.18. The Morgan fingerprint density at radius 2 is 1.88 bits per heavy atom. The SMILES string of the molecule is Cc1cccc(CNC2CCCCCC2)c1F. The number of nitrogens with one attached hydrogen (secondary N) is 1. The van der Waals surface area contributed by atoms with Gasteiger partial charge < -0.3 is 5.32 Å². The second kappa shape index (κ2) is 6.15. The third-order valence-corrected chi connectivity index (χ3v) is 3.71. The molecule has 0 amide bonds. The largest absolute Gasteiger partial charge is 0.310 e. The molecule has 17 heavy (non-hydrogen) atoms. The van der Waals surface area contributed by atoms with Gasteiger partial charge in [0.15, 0.2) is 0 Å². The van der Waals surface area contributed by atoms with Crippen molar-refractivity contribution >= 4 is 0 Å². The Hall–Kier alpha value is -0.890. The first-order valence-electron chi connectivity index (χ1n) is 6.75. The summed E-state index contributed by atoms with van der Waals surface area (Å²) in [6.07, 6.45) is 7.83. The van der Waals surface area contributed by atoms with Gasteiger partial charge in [-0.25, -0.2) is 4.39 Å². The van der Waals surface area contributed by atoms with Crippen LogP contribution in [0.4, 0.5) is 4.39 Å². The molecule has 1 saturated carbocycles. The molecule has 1 aliphatic carbocycles. The summed E-state index contributed by atoms with van der Waals surface area (Å²) in [4.78, 5) is 0. The first-order valence-corrected chi connectivity index (χ1v) is 6.75. The van der Waals surface area contributed by atoms with Crippen molar-refractivity contribution in [1.82, 2.24) is 5.32 Å². The van der Waals surface area contributed by atoms with Crippen molar-refractivity contribution in [2.45, 2.75) is 58.0 Å². The van der Waals surface area contributed by atoms with Gasteiger partial charge >= 0.3 is 0 Å². The lowest BCUT2D eigenvalue weighted by atomic mass is 10.1. The smallest absolute Gasteiger partial charge is 0.130 e. The van der Waals surface area contributed by atoms with E-state index in [2.05, 4.69) is 5.32 Å². The van der Waals surface area contributed by atoms with E-state index in [0.29, 0.717) is 12.6 Å². The molecule has 1 fully saturated rings. The van der Waals surface area contributed by atoms with Crippen molar-refractivity contribution in [3.63, 3.8) is 0 Å². The predicted molar refractivity (Wildman–Crippen MR) is 69.5 cm³/mol. The minimum atomic E-state index is -0.0476. The van der Waals surface area contributed by atoms with E-state index in [-0.39, 0.29) is 5.82 Å². The van der Waals surface area contributed by atoms with Gasteiger partial charge in [-0.15, -0.1) is 0 Å². The van der Waals surface area contributed by atoms with Crippen LogP contribution >= 0.6 is 0 Å². The van der Waals surface area contributed by atoms with Crippen LogP contribution in [0.1, 0.15) is 49.7 Å². The maximum Gasteiger partial charge on any atom is 0.130 e. The van der Waals surface area contributed by atoms with Crippen LogP contribution < -0.4 is 5.32 Å². The molecule has 1 aromatic carbocycles. The van der Waals surface area contributed by atoms with Crippen molar-refractivity contribution in [3.8, 4) is 0 Å². The van der Waals surface area contributed by atoms with Crippen LogP contribution in [0.25, 0.3) is 0 Å². The zero-order valence-electron chi connectivity index (χ0n) is 10.6. The monoisotopic (exact) mass is 235 g/mol. The molecule has 0 aliphatic heterocycles. The first-order chi connectivity index (χ1) is 8.27. The molecule has 0 unspecified atom stereocenters. The average Bonchev–Trinajstić information content (AvgIpc) is 2.59. The first kappa shape index (κ1) is 12.6. The normalized spacial score (nSPS) is 18.0. The maximum absolute atomic E-state index is 13.8. The summed E-state index contributed by atoms with van der Waals surface area (Å²) in [6.45, 7) is 2.49. The third-order valence-electron chi connectivity index (χ3n) is 3.71. The quantitative estimate of drug-likeness (QED) is 0.782. The second-order valence-electron chi connectivity index (χ2n) is 5.12.